The van der Waals surface area contributed by atoms with E-state index in [4.69, 9.17) is 9.47 Å². The number of rotatable bonds is 1. The SMILES string of the molecule is CC(=O)OC1C=C(Br)C(C)C2OC12. The van der Waals surface area contributed by atoms with Crippen molar-refractivity contribution in [1.29, 1.82) is 0 Å². The quantitative estimate of drug-likeness (QED) is 0.522. The number of hydrogen-bond acceptors (Lipinski definition) is 3. The van der Waals surface area contributed by atoms with Gasteiger partial charge in [0.25, 0.3) is 0 Å². The molecule has 4 heteroatoms. The van der Waals surface area contributed by atoms with E-state index < -0.39 is 0 Å². The zero-order chi connectivity index (χ0) is 9.59. The first-order valence-corrected chi connectivity index (χ1v) is 5.09. The van der Waals surface area contributed by atoms with Gasteiger partial charge >= 0.3 is 5.97 Å². The van der Waals surface area contributed by atoms with Gasteiger partial charge in [-0.05, 0) is 6.08 Å². The van der Waals surface area contributed by atoms with Crippen LogP contribution in [0.3, 0.4) is 0 Å². The van der Waals surface area contributed by atoms with Crippen LogP contribution in [0.4, 0.5) is 0 Å². The summed E-state index contributed by atoms with van der Waals surface area (Å²) in [6, 6.07) is 0. The Labute approximate surface area is 85.2 Å². The van der Waals surface area contributed by atoms with Crippen LogP contribution in [0.1, 0.15) is 13.8 Å². The van der Waals surface area contributed by atoms with Gasteiger partial charge < -0.3 is 9.47 Å². The number of hydrogen-bond donors (Lipinski definition) is 0. The lowest BCUT2D eigenvalue weighted by Gasteiger charge is -2.18. The molecular formula is C9H11BrO3. The lowest BCUT2D eigenvalue weighted by molar-refractivity contribution is -0.145. The number of fused-ring (bicyclic) bond motifs is 1. The van der Waals surface area contributed by atoms with Gasteiger partial charge in [0.05, 0.1) is 6.10 Å². The fourth-order valence-corrected chi connectivity index (χ4v) is 2.18. The molecule has 0 spiro atoms. The number of carbonyl (C=O) groups excluding carboxylic acids is 1. The standard InChI is InChI=1S/C9H11BrO3/c1-4-6(10)3-7(12-5(2)11)9-8(4)13-9/h3-4,7-9H,1-2H3. The number of epoxide rings is 1. The zero-order valence-electron chi connectivity index (χ0n) is 7.49. The second kappa shape index (κ2) is 3.10. The molecule has 1 aliphatic carbocycles. The number of halogens is 1. The lowest BCUT2D eigenvalue weighted by atomic mass is 9.96. The van der Waals surface area contributed by atoms with Gasteiger partial charge in [-0.1, -0.05) is 22.9 Å². The normalized spacial score (nSPS) is 41.9. The van der Waals surface area contributed by atoms with E-state index in [0.29, 0.717) is 5.92 Å². The number of ether oxygens (including phenoxy) is 2. The molecule has 0 aromatic heterocycles. The first-order valence-electron chi connectivity index (χ1n) is 4.29. The molecule has 2 aliphatic rings. The molecule has 2 rings (SSSR count). The highest BCUT2D eigenvalue weighted by Gasteiger charge is 2.52. The topological polar surface area (TPSA) is 38.8 Å². The molecule has 1 saturated heterocycles. The van der Waals surface area contributed by atoms with Crippen molar-refractivity contribution in [3.8, 4) is 0 Å². The van der Waals surface area contributed by atoms with Gasteiger partial charge in [-0.3, -0.25) is 4.79 Å². The maximum Gasteiger partial charge on any atom is 0.303 e. The highest BCUT2D eigenvalue weighted by molar-refractivity contribution is 9.11. The molecule has 0 N–H and O–H groups in total. The highest BCUT2D eigenvalue weighted by Crippen LogP contribution is 2.43. The molecule has 3 nitrogen and oxygen atoms in total. The predicted molar refractivity (Wildman–Crippen MR) is 50.4 cm³/mol. The van der Waals surface area contributed by atoms with Crippen LogP contribution in [0.2, 0.25) is 0 Å². The fourth-order valence-electron chi connectivity index (χ4n) is 1.66. The van der Waals surface area contributed by atoms with E-state index in [1.807, 2.05) is 6.08 Å². The summed E-state index contributed by atoms with van der Waals surface area (Å²) in [6.45, 7) is 3.51. The van der Waals surface area contributed by atoms with Crippen LogP contribution in [-0.4, -0.2) is 24.3 Å². The van der Waals surface area contributed by atoms with Gasteiger partial charge in [0.15, 0.2) is 0 Å². The Kier molecular flexibility index (Phi) is 2.20. The van der Waals surface area contributed by atoms with Crippen molar-refractivity contribution in [2.75, 3.05) is 0 Å². The van der Waals surface area contributed by atoms with Gasteiger partial charge in [-0.15, -0.1) is 0 Å². The Hall–Kier alpha value is -0.350. The van der Waals surface area contributed by atoms with Crippen molar-refractivity contribution in [3.63, 3.8) is 0 Å². The molecule has 1 fully saturated rings. The summed E-state index contributed by atoms with van der Waals surface area (Å²) >= 11 is 3.44. The van der Waals surface area contributed by atoms with E-state index >= 15 is 0 Å². The average molecular weight is 247 g/mol. The van der Waals surface area contributed by atoms with E-state index in [9.17, 15) is 4.79 Å². The molecule has 0 radical (unpaired) electrons. The zero-order valence-corrected chi connectivity index (χ0v) is 9.08. The van der Waals surface area contributed by atoms with Gasteiger partial charge in [-0.25, -0.2) is 0 Å². The molecule has 1 aliphatic heterocycles. The molecule has 72 valence electrons. The summed E-state index contributed by atoms with van der Waals surface area (Å²) in [4.78, 5) is 10.7. The molecule has 13 heavy (non-hydrogen) atoms. The predicted octanol–water partition coefficient (Wildman–Crippen LogP) is 1.61. The lowest BCUT2D eigenvalue weighted by Crippen LogP contribution is -2.27. The first-order chi connectivity index (χ1) is 6.09. The first kappa shape index (κ1) is 9.21. The van der Waals surface area contributed by atoms with E-state index in [1.165, 1.54) is 6.92 Å². The van der Waals surface area contributed by atoms with Crippen molar-refractivity contribution < 1.29 is 14.3 Å². The van der Waals surface area contributed by atoms with Crippen LogP contribution in [0.15, 0.2) is 10.6 Å². The monoisotopic (exact) mass is 246 g/mol. The third-order valence-electron chi connectivity index (χ3n) is 2.44. The second-order valence-corrected chi connectivity index (χ2v) is 4.40. The Morgan fingerprint density at radius 1 is 1.62 bits per heavy atom. The molecule has 0 aromatic carbocycles. The molecule has 0 saturated carbocycles. The number of esters is 1. The van der Waals surface area contributed by atoms with Crippen LogP contribution < -0.4 is 0 Å². The molecule has 0 amide bonds. The van der Waals surface area contributed by atoms with E-state index in [2.05, 4.69) is 22.9 Å². The van der Waals surface area contributed by atoms with E-state index in [1.54, 1.807) is 0 Å². The van der Waals surface area contributed by atoms with Crippen molar-refractivity contribution in [3.05, 3.63) is 10.6 Å². The molecule has 1 heterocycles. The van der Waals surface area contributed by atoms with Crippen LogP contribution in [0.5, 0.6) is 0 Å². The Morgan fingerprint density at radius 3 is 2.92 bits per heavy atom. The van der Waals surface area contributed by atoms with Crippen LogP contribution in [-0.2, 0) is 14.3 Å². The van der Waals surface area contributed by atoms with Crippen LogP contribution >= 0.6 is 15.9 Å². The summed E-state index contributed by atoms with van der Waals surface area (Å²) in [7, 11) is 0. The van der Waals surface area contributed by atoms with Gasteiger partial charge in [-0.2, -0.15) is 0 Å². The second-order valence-electron chi connectivity index (χ2n) is 3.48. The van der Waals surface area contributed by atoms with E-state index in [-0.39, 0.29) is 24.3 Å². The van der Waals surface area contributed by atoms with Crippen molar-refractivity contribution in [2.24, 2.45) is 5.92 Å². The summed E-state index contributed by atoms with van der Waals surface area (Å²) in [5.41, 5.74) is 0. The molecular weight excluding hydrogens is 236 g/mol. The van der Waals surface area contributed by atoms with Crippen LogP contribution in [0, 0.1) is 5.92 Å². The van der Waals surface area contributed by atoms with Gasteiger partial charge in [0, 0.05) is 17.3 Å². The summed E-state index contributed by atoms with van der Waals surface area (Å²) in [5.74, 6) is 0.127. The molecule has 0 bridgehead atoms. The van der Waals surface area contributed by atoms with Crippen molar-refractivity contribution in [1.82, 2.24) is 0 Å². The maximum atomic E-state index is 10.7. The highest BCUT2D eigenvalue weighted by atomic mass is 79.9. The van der Waals surface area contributed by atoms with Crippen molar-refractivity contribution >= 4 is 21.9 Å². The summed E-state index contributed by atoms with van der Waals surface area (Å²) in [6.07, 6.45) is 2.03. The third-order valence-corrected chi connectivity index (χ3v) is 3.43. The largest absolute Gasteiger partial charge is 0.455 e. The van der Waals surface area contributed by atoms with Crippen LogP contribution in [0.25, 0.3) is 0 Å². The van der Waals surface area contributed by atoms with Gasteiger partial charge in [0.1, 0.15) is 12.2 Å². The minimum atomic E-state index is -0.259. The Bertz CT molecular complexity index is 274. The average Bonchev–Trinajstić information content (AvgIpc) is 2.77. The molecule has 0 aromatic rings. The maximum absolute atomic E-state index is 10.7. The van der Waals surface area contributed by atoms with E-state index in [0.717, 1.165) is 4.48 Å². The smallest absolute Gasteiger partial charge is 0.303 e. The van der Waals surface area contributed by atoms with Gasteiger partial charge in [0.2, 0.25) is 0 Å². The molecule has 4 unspecified atom stereocenters. The van der Waals surface area contributed by atoms with Crippen molar-refractivity contribution in [2.45, 2.75) is 32.2 Å². The number of carbonyl (C=O) groups is 1. The Morgan fingerprint density at radius 2 is 2.31 bits per heavy atom. The molecule has 4 atom stereocenters. The fraction of sp³-hybridized carbons (Fsp3) is 0.667. The minimum Gasteiger partial charge on any atom is -0.455 e. The summed E-state index contributed by atoms with van der Waals surface area (Å²) < 4.78 is 11.6. The minimum absolute atomic E-state index is 0.0835. The third kappa shape index (κ3) is 1.65. The Balaban J connectivity index is 2.09. The summed E-state index contributed by atoms with van der Waals surface area (Å²) in [5, 5.41) is 0.